The van der Waals surface area contributed by atoms with Crippen molar-refractivity contribution >= 4 is 28.7 Å². The van der Waals surface area contributed by atoms with Gasteiger partial charge in [0.15, 0.2) is 11.2 Å². The molecule has 142 valence electrons. The highest BCUT2D eigenvalue weighted by Crippen LogP contribution is 2.21. The fraction of sp³-hybridized carbons (Fsp3) is 0.316. The van der Waals surface area contributed by atoms with Gasteiger partial charge in [0, 0.05) is 39.3 Å². The van der Waals surface area contributed by atoms with Crippen molar-refractivity contribution in [3.05, 3.63) is 67.8 Å². The van der Waals surface area contributed by atoms with Crippen molar-refractivity contribution in [2.75, 3.05) is 11.9 Å². The van der Waals surface area contributed by atoms with Crippen LogP contribution >= 0.6 is 11.6 Å². The van der Waals surface area contributed by atoms with E-state index in [0.717, 1.165) is 10.1 Å². The number of aromatic nitrogens is 4. The van der Waals surface area contributed by atoms with Gasteiger partial charge in [-0.15, -0.1) is 0 Å². The number of imidazole rings is 1. The van der Waals surface area contributed by atoms with Crippen LogP contribution in [0.5, 0.6) is 0 Å². The van der Waals surface area contributed by atoms with Gasteiger partial charge in [0.2, 0.25) is 5.95 Å². The Labute approximate surface area is 161 Å². The second-order valence-corrected chi connectivity index (χ2v) is 7.13. The van der Waals surface area contributed by atoms with Crippen LogP contribution in [0.15, 0.2) is 51.0 Å². The summed E-state index contributed by atoms with van der Waals surface area (Å²) in [6.07, 6.45) is 1.81. The summed E-state index contributed by atoms with van der Waals surface area (Å²) in [5.41, 5.74) is 1.07. The van der Waals surface area contributed by atoms with E-state index in [4.69, 9.17) is 11.6 Å². The van der Waals surface area contributed by atoms with Gasteiger partial charge in [0.05, 0.1) is 0 Å². The Morgan fingerprint density at radius 3 is 2.48 bits per heavy atom. The molecule has 0 bridgehead atoms. The van der Waals surface area contributed by atoms with Crippen molar-refractivity contribution in [3.63, 3.8) is 0 Å². The first-order valence-corrected chi connectivity index (χ1v) is 8.92. The molecule has 8 heteroatoms. The Hall–Kier alpha value is -2.80. The summed E-state index contributed by atoms with van der Waals surface area (Å²) in [6, 6.07) is 9.98. The lowest BCUT2D eigenvalue weighted by Crippen LogP contribution is -2.37. The summed E-state index contributed by atoms with van der Waals surface area (Å²) in [5.74, 6) is 0.598. The molecule has 7 nitrogen and oxygen atoms in total. The van der Waals surface area contributed by atoms with Gasteiger partial charge in [-0.1, -0.05) is 48.0 Å². The third kappa shape index (κ3) is 3.55. The van der Waals surface area contributed by atoms with Crippen molar-refractivity contribution in [2.45, 2.75) is 20.0 Å². The van der Waals surface area contributed by atoms with E-state index >= 15 is 0 Å². The third-order valence-electron chi connectivity index (χ3n) is 4.49. The van der Waals surface area contributed by atoms with E-state index < -0.39 is 5.69 Å². The maximum atomic E-state index is 12.8. The molecule has 3 rings (SSSR count). The van der Waals surface area contributed by atoms with E-state index in [9.17, 15) is 9.59 Å². The van der Waals surface area contributed by atoms with E-state index in [-0.39, 0.29) is 5.56 Å². The molecule has 0 saturated carbocycles. The van der Waals surface area contributed by atoms with E-state index in [1.165, 1.54) is 11.6 Å². The summed E-state index contributed by atoms with van der Waals surface area (Å²) in [5, 5.41) is 0.621. The van der Waals surface area contributed by atoms with Gasteiger partial charge in [-0.05, 0) is 12.5 Å². The van der Waals surface area contributed by atoms with Crippen LogP contribution in [0.25, 0.3) is 11.2 Å². The summed E-state index contributed by atoms with van der Waals surface area (Å²) in [7, 11) is 4.99. The maximum Gasteiger partial charge on any atom is 0.332 e. The van der Waals surface area contributed by atoms with Crippen LogP contribution in [0.3, 0.4) is 0 Å². The summed E-state index contributed by atoms with van der Waals surface area (Å²) in [4.78, 5) is 31.6. The van der Waals surface area contributed by atoms with Gasteiger partial charge in [0.25, 0.3) is 5.56 Å². The third-order valence-corrected chi connectivity index (χ3v) is 4.64. The van der Waals surface area contributed by atoms with Gasteiger partial charge in [-0.3, -0.25) is 13.9 Å². The van der Waals surface area contributed by atoms with Crippen LogP contribution in [-0.4, -0.2) is 25.7 Å². The zero-order valence-electron chi connectivity index (χ0n) is 15.8. The van der Waals surface area contributed by atoms with E-state index in [1.807, 2.05) is 48.4 Å². The molecule has 1 aromatic carbocycles. The van der Waals surface area contributed by atoms with E-state index in [2.05, 4.69) is 4.98 Å². The molecule has 0 aliphatic heterocycles. The molecular weight excluding hydrogens is 366 g/mol. The first kappa shape index (κ1) is 19.0. The number of halogens is 1. The van der Waals surface area contributed by atoms with Crippen LogP contribution in [-0.2, 0) is 27.2 Å². The van der Waals surface area contributed by atoms with Crippen molar-refractivity contribution in [1.29, 1.82) is 0 Å². The lowest BCUT2D eigenvalue weighted by molar-refractivity contribution is 0.702. The number of rotatable bonds is 5. The Balaban J connectivity index is 2.21. The molecule has 0 radical (unpaired) electrons. The number of benzene rings is 1. The summed E-state index contributed by atoms with van der Waals surface area (Å²) in [6.45, 7) is 2.78. The normalized spacial score (nSPS) is 12.0. The molecule has 2 aromatic heterocycles. The minimum absolute atomic E-state index is 0.360. The smallest absolute Gasteiger partial charge is 0.332 e. The molecule has 0 aliphatic rings. The predicted molar refractivity (Wildman–Crippen MR) is 108 cm³/mol. The number of anilines is 1. The second-order valence-electron chi connectivity index (χ2n) is 6.53. The molecule has 0 fully saturated rings. The highest BCUT2D eigenvalue weighted by atomic mass is 35.5. The van der Waals surface area contributed by atoms with Gasteiger partial charge in [-0.2, -0.15) is 4.98 Å². The van der Waals surface area contributed by atoms with Gasteiger partial charge >= 0.3 is 5.69 Å². The van der Waals surface area contributed by atoms with Crippen LogP contribution in [0, 0.1) is 0 Å². The largest absolute Gasteiger partial charge is 0.341 e. The molecule has 0 atom stereocenters. The Morgan fingerprint density at radius 2 is 1.85 bits per heavy atom. The molecule has 0 N–H and O–H groups in total. The molecular formula is C19H22ClN5O2. The molecule has 0 saturated heterocycles. The van der Waals surface area contributed by atoms with Gasteiger partial charge < -0.3 is 9.47 Å². The van der Waals surface area contributed by atoms with E-state index in [0.29, 0.717) is 35.2 Å². The van der Waals surface area contributed by atoms with E-state index in [1.54, 1.807) is 18.5 Å². The topological polar surface area (TPSA) is 65.1 Å². The summed E-state index contributed by atoms with van der Waals surface area (Å²) < 4.78 is 4.29. The lowest BCUT2D eigenvalue weighted by atomic mass is 10.2. The average Bonchev–Trinajstić information content (AvgIpc) is 3.03. The second kappa shape index (κ2) is 7.44. The monoisotopic (exact) mass is 387 g/mol. The highest BCUT2D eigenvalue weighted by molar-refractivity contribution is 6.29. The predicted octanol–water partition coefficient (Wildman–Crippen LogP) is 2.21. The highest BCUT2D eigenvalue weighted by Gasteiger charge is 2.20. The van der Waals surface area contributed by atoms with Gasteiger partial charge in [-0.25, -0.2) is 4.79 Å². The molecule has 0 spiro atoms. The molecule has 0 amide bonds. The number of nitrogens with zero attached hydrogens (tertiary/aromatic N) is 5. The molecule has 3 aromatic rings. The number of fused-ring (bicyclic) bond motifs is 1. The zero-order valence-corrected chi connectivity index (χ0v) is 16.6. The van der Waals surface area contributed by atoms with Crippen molar-refractivity contribution in [2.24, 2.45) is 14.1 Å². The standard InChI is InChI=1S/C19H22ClN5O2/c1-13(20)10-11-25-15-16(23(3)19(27)24(4)17(15)26)21-18(25)22(2)12-14-8-6-5-7-9-14/h5-10H,11-12H2,1-4H3/b13-10+. The number of allylic oxidation sites excluding steroid dienone is 2. The molecule has 27 heavy (non-hydrogen) atoms. The number of hydrogen-bond acceptors (Lipinski definition) is 4. The van der Waals surface area contributed by atoms with Crippen LogP contribution < -0.4 is 16.1 Å². The minimum atomic E-state index is -0.404. The number of aryl methyl sites for hydroxylation is 1. The fourth-order valence-electron chi connectivity index (χ4n) is 3.04. The first-order valence-electron chi connectivity index (χ1n) is 8.54. The minimum Gasteiger partial charge on any atom is -0.341 e. The van der Waals surface area contributed by atoms with Crippen LogP contribution in [0.1, 0.15) is 12.5 Å². The Morgan fingerprint density at radius 1 is 1.19 bits per heavy atom. The summed E-state index contributed by atoms with van der Waals surface area (Å²) >= 11 is 6.01. The number of hydrogen-bond donors (Lipinski definition) is 0. The van der Waals surface area contributed by atoms with Crippen molar-refractivity contribution < 1.29 is 0 Å². The quantitative estimate of drug-likeness (QED) is 0.673. The molecule has 2 heterocycles. The van der Waals surface area contributed by atoms with Crippen LogP contribution in [0.4, 0.5) is 5.95 Å². The Bertz CT molecular complexity index is 1120. The van der Waals surface area contributed by atoms with Crippen LogP contribution in [0.2, 0.25) is 0 Å². The van der Waals surface area contributed by atoms with Gasteiger partial charge in [0.1, 0.15) is 0 Å². The molecule has 0 aliphatic carbocycles. The average molecular weight is 388 g/mol. The van der Waals surface area contributed by atoms with Crippen molar-refractivity contribution in [1.82, 2.24) is 18.7 Å². The fourth-order valence-corrected chi connectivity index (χ4v) is 3.11. The Kier molecular flexibility index (Phi) is 5.23. The van der Waals surface area contributed by atoms with Crippen molar-refractivity contribution in [3.8, 4) is 0 Å². The SMILES string of the molecule is C/C(Cl)=C\Cn1c(N(C)Cc2ccccc2)nc2c1c(=O)n(C)c(=O)n2C. The maximum absolute atomic E-state index is 12.8. The molecule has 0 unspecified atom stereocenters. The lowest BCUT2D eigenvalue weighted by Gasteiger charge is -2.19. The zero-order chi connectivity index (χ0) is 19.7. The first-order chi connectivity index (χ1) is 12.8.